The molecule has 0 radical (unpaired) electrons. The Balaban J connectivity index is 2.83. The van der Waals surface area contributed by atoms with Gasteiger partial charge in [0.2, 0.25) is 0 Å². The lowest BCUT2D eigenvalue weighted by Gasteiger charge is -1.98. The third-order valence-electron chi connectivity index (χ3n) is 1.54. The predicted molar refractivity (Wildman–Crippen MR) is 45.5 cm³/mol. The van der Waals surface area contributed by atoms with Crippen LogP contribution < -0.4 is 4.74 Å². The summed E-state index contributed by atoms with van der Waals surface area (Å²) in [5.74, 6) is 0.345. The van der Waals surface area contributed by atoms with Crippen molar-refractivity contribution in [1.82, 2.24) is 15.2 Å². The lowest BCUT2D eigenvalue weighted by atomic mass is 10.4. The highest BCUT2D eigenvalue weighted by Crippen LogP contribution is 2.25. The van der Waals surface area contributed by atoms with Gasteiger partial charge in [-0.3, -0.25) is 0 Å². The monoisotopic (exact) mass is 184 g/mol. The van der Waals surface area contributed by atoms with Gasteiger partial charge < -0.3 is 9.72 Å². The molecule has 62 valence electrons. The lowest BCUT2D eigenvalue weighted by molar-refractivity contribution is 0.397. The van der Waals surface area contributed by atoms with Gasteiger partial charge in [0.15, 0.2) is 5.15 Å². The number of H-pyrrole nitrogens is 1. The first-order valence-electron chi connectivity index (χ1n) is 3.78. The first-order valence-corrected chi connectivity index (χ1v) is 3.65. The molecule has 0 atom stereocenters. The quantitative estimate of drug-likeness (QED) is 0.733. The fraction of sp³-hybridized carbons (Fsp3) is 0.143. The molecule has 0 spiro atoms. The highest BCUT2D eigenvalue weighted by molar-refractivity contribution is 6.34. The summed E-state index contributed by atoms with van der Waals surface area (Å²) in [4.78, 5) is 2.77. The minimum Gasteiger partial charge on any atom is -0.478 e. The molecule has 0 aliphatic rings. The van der Waals surface area contributed by atoms with Crippen LogP contribution in [0.2, 0.25) is 5.15 Å². The number of rotatable bonds is 1. The minimum atomic E-state index is 0.255. The normalized spacial score (nSPS) is 11.7. The molecule has 0 aliphatic heterocycles. The van der Waals surface area contributed by atoms with Gasteiger partial charge in [0.25, 0.3) is 5.88 Å². The summed E-state index contributed by atoms with van der Waals surface area (Å²) in [7, 11) is 1.49. The Kier molecular flexibility index (Phi) is 1.37. The van der Waals surface area contributed by atoms with Gasteiger partial charge in [0.1, 0.15) is 5.52 Å². The van der Waals surface area contributed by atoms with E-state index in [9.17, 15) is 0 Å². The van der Waals surface area contributed by atoms with Crippen molar-refractivity contribution in [2.45, 2.75) is 0 Å². The van der Waals surface area contributed by atoms with Crippen LogP contribution in [-0.4, -0.2) is 22.3 Å². The molecular formula is C7H6ClN3O. The van der Waals surface area contributed by atoms with E-state index in [1.807, 2.05) is 0 Å². The van der Waals surface area contributed by atoms with Crippen molar-refractivity contribution in [3.8, 4) is 5.88 Å². The number of halogens is 1. The third-order valence-corrected chi connectivity index (χ3v) is 1.82. The number of nitrogens with one attached hydrogen (secondary N) is 1. The van der Waals surface area contributed by atoms with Gasteiger partial charge >= 0.3 is 0 Å². The Labute approximate surface area is 74.9 Å². The summed E-state index contributed by atoms with van der Waals surface area (Å²) in [5.41, 5.74) is 0.604. The van der Waals surface area contributed by atoms with E-state index in [2.05, 4.69) is 15.2 Å². The van der Waals surface area contributed by atoms with Crippen LogP contribution in [0, 0.1) is 0 Å². The lowest BCUT2D eigenvalue weighted by Crippen LogP contribution is -1.91. The van der Waals surface area contributed by atoms with E-state index in [0.717, 1.165) is 0 Å². The van der Waals surface area contributed by atoms with Gasteiger partial charge in [-0.1, -0.05) is 11.6 Å². The van der Waals surface area contributed by atoms with E-state index in [1.165, 1.54) is 7.11 Å². The maximum atomic E-state index is 7.37. The molecule has 2 heterocycles. The van der Waals surface area contributed by atoms with Crippen LogP contribution in [0.3, 0.4) is 0 Å². The molecule has 2 aromatic rings. The van der Waals surface area contributed by atoms with Crippen LogP contribution in [0.25, 0.3) is 10.9 Å². The van der Waals surface area contributed by atoms with E-state index < -0.39 is 0 Å². The average molecular weight is 185 g/mol. The summed E-state index contributed by atoms with van der Waals surface area (Å²) in [6.07, 6.45) is 0.255. The number of hydrogen-bond acceptors (Lipinski definition) is 3. The van der Waals surface area contributed by atoms with Crippen LogP contribution in [0.15, 0.2) is 12.2 Å². The van der Waals surface area contributed by atoms with Crippen LogP contribution >= 0.6 is 11.6 Å². The Bertz CT molecular complexity index is 456. The summed E-state index contributed by atoms with van der Waals surface area (Å²) in [6.45, 7) is 0. The maximum Gasteiger partial charge on any atom is 0.257 e. The third kappa shape index (κ3) is 0.921. The van der Waals surface area contributed by atoms with Crippen molar-refractivity contribution in [2.24, 2.45) is 0 Å². The smallest absolute Gasteiger partial charge is 0.257 e. The molecule has 0 aromatic carbocycles. The maximum absolute atomic E-state index is 7.37. The van der Waals surface area contributed by atoms with Crippen LogP contribution in [0.1, 0.15) is 1.37 Å². The highest BCUT2D eigenvalue weighted by atomic mass is 35.5. The number of hydrogen-bond donors (Lipinski definition) is 1. The van der Waals surface area contributed by atoms with E-state index in [4.69, 9.17) is 17.7 Å². The van der Waals surface area contributed by atoms with E-state index in [1.54, 1.807) is 6.07 Å². The van der Waals surface area contributed by atoms with Crippen LogP contribution in [-0.2, 0) is 0 Å². The zero-order chi connectivity index (χ0) is 9.42. The molecule has 2 aromatic heterocycles. The molecule has 0 aliphatic carbocycles. The van der Waals surface area contributed by atoms with E-state index >= 15 is 0 Å². The van der Waals surface area contributed by atoms with Gasteiger partial charge in [-0.25, -0.2) is 0 Å². The Morgan fingerprint density at radius 3 is 3.25 bits per heavy atom. The molecule has 4 nitrogen and oxygen atoms in total. The number of aromatic amines is 1. The molecule has 0 saturated carbocycles. The molecule has 5 heteroatoms. The second-order valence-electron chi connectivity index (χ2n) is 2.20. The summed E-state index contributed by atoms with van der Waals surface area (Å²) >= 11 is 5.77. The minimum absolute atomic E-state index is 0.255. The molecule has 0 amide bonds. The fourth-order valence-electron chi connectivity index (χ4n) is 0.987. The SMILES string of the molecule is [2H]c1cc2c(Cl)nnc(OC)c2[nH]1. The van der Waals surface area contributed by atoms with Crippen LogP contribution in [0.4, 0.5) is 0 Å². The molecule has 2 rings (SSSR count). The number of methoxy groups -OCH3 is 1. The molecule has 0 saturated heterocycles. The first-order chi connectivity index (χ1) is 6.22. The molecule has 1 N–H and O–H groups in total. The zero-order valence-electron chi connectivity index (χ0n) is 7.26. The summed E-state index contributed by atoms with van der Waals surface area (Å²) in [6, 6.07) is 1.58. The Morgan fingerprint density at radius 2 is 2.50 bits per heavy atom. The fourth-order valence-corrected chi connectivity index (χ4v) is 1.17. The molecule has 12 heavy (non-hydrogen) atoms. The largest absolute Gasteiger partial charge is 0.478 e. The first kappa shape index (κ1) is 6.25. The average Bonchev–Trinajstić information content (AvgIpc) is 2.48. The van der Waals surface area contributed by atoms with Crippen molar-refractivity contribution in [1.29, 1.82) is 0 Å². The van der Waals surface area contributed by atoms with Crippen LogP contribution in [0.5, 0.6) is 5.88 Å². The number of ether oxygens (including phenoxy) is 1. The highest BCUT2D eigenvalue weighted by Gasteiger charge is 2.07. The van der Waals surface area contributed by atoms with Gasteiger partial charge in [-0.2, -0.15) is 0 Å². The van der Waals surface area contributed by atoms with Crippen molar-refractivity contribution in [3.05, 3.63) is 17.4 Å². The number of aromatic nitrogens is 3. The summed E-state index contributed by atoms with van der Waals surface area (Å²) in [5, 5.41) is 8.32. The molecule has 0 bridgehead atoms. The van der Waals surface area contributed by atoms with Crippen molar-refractivity contribution in [3.63, 3.8) is 0 Å². The second-order valence-corrected chi connectivity index (χ2v) is 2.56. The Morgan fingerprint density at radius 1 is 1.67 bits per heavy atom. The van der Waals surface area contributed by atoms with Crippen molar-refractivity contribution in [2.75, 3.05) is 7.11 Å². The number of nitrogens with zero attached hydrogens (tertiary/aromatic N) is 2. The predicted octanol–water partition coefficient (Wildman–Crippen LogP) is 1.62. The van der Waals surface area contributed by atoms with Gasteiger partial charge in [-0.05, 0) is 6.07 Å². The van der Waals surface area contributed by atoms with E-state index in [0.29, 0.717) is 16.8 Å². The molecule has 0 fully saturated rings. The van der Waals surface area contributed by atoms with Crippen molar-refractivity contribution < 1.29 is 6.11 Å². The van der Waals surface area contributed by atoms with Gasteiger partial charge in [-0.15, -0.1) is 10.2 Å². The second kappa shape index (κ2) is 2.64. The number of fused-ring (bicyclic) bond motifs is 1. The molecular weight excluding hydrogens is 178 g/mol. The Hall–Kier alpha value is -1.29. The zero-order valence-corrected chi connectivity index (χ0v) is 7.01. The summed E-state index contributed by atoms with van der Waals surface area (Å²) < 4.78 is 12.3. The topological polar surface area (TPSA) is 50.8 Å². The van der Waals surface area contributed by atoms with Crippen molar-refractivity contribution >= 4 is 22.5 Å². The van der Waals surface area contributed by atoms with Gasteiger partial charge in [0.05, 0.1) is 8.48 Å². The van der Waals surface area contributed by atoms with Gasteiger partial charge in [0, 0.05) is 11.6 Å². The molecule has 0 unspecified atom stereocenters. The van der Waals surface area contributed by atoms with E-state index in [-0.39, 0.29) is 11.3 Å². The standard InChI is InChI=1S/C7H6ClN3O/c1-12-7-5-4(2-3-9-5)6(8)10-11-7/h2-3,9H,1H3/i3D.